The molecule has 0 radical (unpaired) electrons. The van der Waals surface area contributed by atoms with Crippen molar-refractivity contribution in [2.75, 3.05) is 0 Å². The Morgan fingerprint density at radius 2 is 1.76 bits per heavy atom. The third-order valence-corrected chi connectivity index (χ3v) is 9.36. The van der Waals surface area contributed by atoms with Gasteiger partial charge in [0, 0.05) is 17.2 Å². The van der Waals surface area contributed by atoms with Gasteiger partial charge in [-0.05, 0) is 53.9 Å². The van der Waals surface area contributed by atoms with E-state index >= 15 is 0 Å². The molecule has 0 spiro atoms. The Hall–Kier alpha value is -2.37. The molecule has 2 aromatic carbocycles. The van der Waals surface area contributed by atoms with Gasteiger partial charge in [-0.25, -0.2) is 4.98 Å². The quantitative estimate of drug-likeness (QED) is 0.230. The van der Waals surface area contributed by atoms with Crippen LogP contribution in [0.15, 0.2) is 64.5 Å². The van der Waals surface area contributed by atoms with E-state index in [0.717, 1.165) is 40.5 Å². The standard InChI is InChI=1S/C28H28N2OS2/c31-27-24-23-16-15-21-13-7-8-14-22(21)25(23)33-26(24)29-28(32-18-20-11-5-2-6-12-20)30(27)17-19-9-3-1-4-10-19/h2,5-8,11-14,19H,1,3-4,9-10,15-18H2. The zero-order chi connectivity index (χ0) is 22.2. The topological polar surface area (TPSA) is 34.9 Å². The summed E-state index contributed by atoms with van der Waals surface area (Å²) in [5.41, 5.74) is 5.35. The summed E-state index contributed by atoms with van der Waals surface area (Å²) in [6, 6.07) is 19.1. The minimum Gasteiger partial charge on any atom is -0.287 e. The highest BCUT2D eigenvalue weighted by Crippen LogP contribution is 2.42. The van der Waals surface area contributed by atoms with Crippen LogP contribution in [0.2, 0.25) is 0 Å². The zero-order valence-electron chi connectivity index (χ0n) is 18.8. The lowest BCUT2D eigenvalue weighted by atomic mass is 9.89. The second kappa shape index (κ2) is 9.11. The molecule has 1 fully saturated rings. The minimum absolute atomic E-state index is 0.179. The molecule has 3 nitrogen and oxygen atoms in total. The van der Waals surface area contributed by atoms with Crippen molar-refractivity contribution in [2.45, 2.75) is 62.4 Å². The largest absolute Gasteiger partial charge is 0.287 e. The number of thiophene rings is 1. The average Bonchev–Trinajstić information content (AvgIpc) is 3.25. The van der Waals surface area contributed by atoms with Crippen molar-refractivity contribution in [2.24, 2.45) is 5.92 Å². The molecule has 0 aliphatic heterocycles. The van der Waals surface area contributed by atoms with Crippen LogP contribution in [-0.2, 0) is 25.1 Å². The highest BCUT2D eigenvalue weighted by molar-refractivity contribution is 7.98. The van der Waals surface area contributed by atoms with Crippen molar-refractivity contribution in [1.82, 2.24) is 9.55 Å². The predicted octanol–water partition coefficient (Wildman–Crippen LogP) is 7.10. The van der Waals surface area contributed by atoms with Crippen LogP contribution in [-0.4, -0.2) is 9.55 Å². The van der Waals surface area contributed by atoms with Gasteiger partial charge in [0.05, 0.1) is 5.39 Å². The van der Waals surface area contributed by atoms with Crippen molar-refractivity contribution in [1.29, 1.82) is 0 Å². The number of aromatic nitrogens is 2. The number of rotatable bonds is 5. The molecule has 2 aliphatic carbocycles. The lowest BCUT2D eigenvalue weighted by Crippen LogP contribution is -2.28. The highest BCUT2D eigenvalue weighted by Gasteiger charge is 2.26. The van der Waals surface area contributed by atoms with E-state index in [9.17, 15) is 4.79 Å². The van der Waals surface area contributed by atoms with Crippen molar-refractivity contribution < 1.29 is 0 Å². The molecule has 33 heavy (non-hydrogen) atoms. The molecular formula is C28H28N2OS2. The van der Waals surface area contributed by atoms with Crippen LogP contribution >= 0.6 is 23.1 Å². The van der Waals surface area contributed by atoms with Gasteiger partial charge in [0.2, 0.25) is 0 Å². The third kappa shape index (κ3) is 4.06. The molecule has 4 aromatic rings. The second-order valence-electron chi connectivity index (χ2n) is 9.34. The van der Waals surface area contributed by atoms with Crippen LogP contribution in [0.5, 0.6) is 0 Å². The number of thioether (sulfide) groups is 1. The maximum atomic E-state index is 14.0. The van der Waals surface area contributed by atoms with Crippen molar-refractivity contribution >= 4 is 33.3 Å². The first-order valence-electron chi connectivity index (χ1n) is 12.1. The number of hydrogen-bond acceptors (Lipinski definition) is 4. The molecular weight excluding hydrogens is 444 g/mol. The van der Waals surface area contributed by atoms with Crippen LogP contribution in [0, 0.1) is 5.92 Å². The van der Waals surface area contributed by atoms with Crippen LogP contribution in [0.4, 0.5) is 0 Å². The fourth-order valence-corrected chi connectivity index (χ4v) is 7.71. The van der Waals surface area contributed by atoms with E-state index in [1.807, 2.05) is 10.6 Å². The summed E-state index contributed by atoms with van der Waals surface area (Å²) in [6.45, 7) is 0.806. The number of aryl methyl sites for hydroxylation is 2. The van der Waals surface area contributed by atoms with Crippen LogP contribution in [0.25, 0.3) is 20.7 Å². The van der Waals surface area contributed by atoms with Gasteiger partial charge in [0.25, 0.3) is 5.56 Å². The molecule has 168 valence electrons. The first-order valence-corrected chi connectivity index (χ1v) is 13.9. The second-order valence-corrected chi connectivity index (χ2v) is 11.3. The summed E-state index contributed by atoms with van der Waals surface area (Å²) >= 11 is 3.42. The summed E-state index contributed by atoms with van der Waals surface area (Å²) in [5.74, 6) is 1.42. The smallest absolute Gasteiger partial charge is 0.263 e. The molecule has 0 N–H and O–H groups in total. The van der Waals surface area contributed by atoms with Gasteiger partial charge in [-0.15, -0.1) is 11.3 Å². The zero-order valence-corrected chi connectivity index (χ0v) is 20.4. The molecule has 2 aliphatic rings. The van der Waals surface area contributed by atoms with Gasteiger partial charge in [-0.1, -0.05) is 85.6 Å². The lowest BCUT2D eigenvalue weighted by molar-refractivity contribution is 0.306. The number of fused-ring (bicyclic) bond motifs is 5. The number of benzene rings is 2. The predicted molar refractivity (Wildman–Crippen MR) is 139 cm³/mol. The third-order valence-electron chi connectivity index (χ3n) is 7.16. The Balaban J connectivity index is 1.46. The van der Waals surface area contributed by atoms with Crippen molar-refractivity contribution in [3.8, 4) is 10.4 Å². The van der Waals surface area contributed by atoms with Gasteiger partial charge in [0.15, 0.2) is 5.16 Å². The van der Waals surface area contributed by atoms with E-state index in [1.165, 1.54) is 59.2 Å². The van der Waals surface area contributed by atoms with Crippen LogP contribution in [0.1, 0.15) is 48.8 Å². The lowest BCUT2D eigenvalue weighted by Gasteiger charge is -2.23. The van der Waals surface area contributed by atoms with Crippen LogP contribution in [0.3, 0.4) is 0 Å². The summed E-state index contributed by atoms with van der Waals surface area (Å²) in [7, 11) is 0. The molecule has 0 saturated heterocycles. The van der Waals surface area contributed by atoms with E-state index in [-0.39, 0.29) is 5.56 Å². The molecule has 0 amide bonds. The molecule has 2 heterocycles. The molecule has 1 saturated carbocycles. The monoisotopic (exact) mass is 472 g/mol. The summed E-state index contributed by atoms with van der Waals surface area (Å²) in [4.78, 5) is 21.3. The van der Waals surface area contributed by atoms with E-state index < -0.39 is 0 Å². The van der Waals surface area contributed by atoms with E-state index in [0.29, 0.717) is 5.92 Å². The maximum Gasteiger partial charge on any atom is 0.263 e. The first-order chi connectivity index (χ1) is 16.3. The Bertz CT molecular complexity index is 1350. The molecule has 2 aromatic heterocycles. The van der Waals surface area contributed by atoms with Crippen molar-refractivity contribution in [3.63, 3.8) is 0 Å². The number of hydrogen-bond donors (Lipinski definition) is 0. The van der Waals surface area contributed by atoms with E-state index in [2.05, 4.69) is 48.5 Å². The van der Waals surface area contributed by atoms with Crippen molar-refractivity contribution in [3.05, 3.63) is 81.6 Å². The van der Waals surface area contributed by atoms with Gasteiger partial charge in [0.1, 0.15) is 4.83 Å². The highest BCUT2D eigenvalue weighted by atomic mass is 32.2. The molecule has 6 rings (SSSR count). The molecule has 0 unspecified atom stereocenters. The fraction of sp³-hybridized carbons (Fsp3) is 0.357. The SMILES string of the molecule is O=c1c2c3c(sc2nc(SCc2ccccc2)n1CC1CCCCC1)-c1ccccc1CC3. The Kier molecular flexibility index (Phi) is 5.85. The Morgan fingerprint density at radius 3 is 2.61 bits per heavy atom. The first kappa shape index (κ1) is 21.2. The maximum absolute atomic E-state index is 14.0. The molecule has 0 atom stereocenters. The van der Waals surface area contributed by atoms with E-state index in [4.69, 9.17) is 4.98 Å². The van der Waals surface area contributed by atoms with Gasteiger partial charge in [-0.2, -0.15) is 0 Å². The van der Waals surface area contributed by atoms with Crippen LogP contribution < -0.4 is 5.56 Å². The van der Waals surface area contributed by atoms with Gasteiger partial charge < -0.3 is 0 Å². The van der Waals surface area contributed by atoms with Gasteiger partial charge in [-0.3, -0.25) is 9.36 Å². The Morgan fingerprint density at radius 1 is 0.970 bits per heavy atom. The fourth-order valence-electron chi connectivity index (χ4n) is 5.42. The summed E-state index contributed by atoms with van der Waals surface area (Å²) < 4.78 is 2.03. The molecule has 5 heteroatoms. The van der Waals surface area contributed by atoms with Gasteiger partial charge >= 0.3 is 0 Å². The number of nitrogens with zero attached hydrogens (tertiary/aromatic N) is 2. The normalized spacial score (nSPS) is 16.0. The average molecular weight is 473 g/mol. The summed E-state index contributed by atoms with van der Waals surface area (Å²) in [5, 5.41) is 1.76. The Labute approximate surface area is 202 Å². The summed E-state index contributed by atoms with van der Waals surface area (Å²) in [6.07, 6.45) is 8.28. The molecule has 0 bridgehead atoms. The minimum atomic E-state index is 0.179. The van der Waals surface area contributed by atoms with E-state index in [1.54, 1.807) is 23.1 Å².